The monoisotopic (exact) mass is 338 g/mol. The predicted octanol–water partition coefficient (Wildman–Crippen LogP) is 2.25. The summed E-state index contributed by atoms with van der Waals surface area (Å²) in [6.07, 6.45) is 4.17. The normalized spacial score (nSPS) is 12.9. The average molecular weight is 338 g/mol. The van der Waals surface area contributed by atoms with Crippen LogP contribution in [0.2, 0.25) is 0 Å². The summed E-state index contributed by atoms with van der Waals surface area (Å²) < 4.78 is 23.2. The van der Waals surface area contributed by atoms with Gasteiger partial charge in [0.2, 0.25) is 5.91 Å². The Bertz CT molecular complexity index is 787. The number of thiazole rings is 1. The minimum atomic E-state index is -3.23. The third-order valence-electron chi connectivity index (χ3n) is 3.38. The molecule has 0 aliphatic carbocycles. The standard InChI is InChI=1S/C15H18N2O3S2/c1-15(2,22(3,19)20)10-16-13(18)8-9-14-17-11-6-4-5-7-12(11)21-14/h4-9H,10H2,1-3H3,(H,16,18)/b9-8+. The Hall–Kier alpha value is -1.73. The second-order valence-electron chi connectivity index (χ2n) is 5.60. The molecule has 7 heteroatoms. The molecule has 1 N–H and O–H groups in total. The third kappa shape index (κ3) is 3.92. The SMILES string of the molecule is CC(C)(CNC(=O)/C=C/c1nc2ccccc2s1)S(C)(=O)=O. The molecule has 1 amide bonds. The first-order valence-electron chi connectivity index (χ1n) is 6.70. The van der Waals surface area contributed by atoms with Crippen LogP contribution in [-0.2, 0) is 14.6 Å². The van der Waals surface area contributed by atoms with Crippen molar-refractivity contribution in [3.63, 3.8) is 0 Å². The number of nitrogens with one attached hydrogen (secondary N) is 1. The van der Waals surface area contributed by atoms with Gasteiger partial charge < -0.3 is 5.32 Å². The van der Waals surface area contributed by atoms with Crippen molar-refractivity contribution in [1.82, 2.24) is 10.3 Å². The van der Waals surface area contributed by atoms with E-state index in [-0.39, 0.29) is 12.5 Å². The van der Waals surface area contributed by atoms with E-state index in [9.17, 15) is 13.2 Å². The topological polar surface area (TPSA) is 76.1 Å². The molecule has 0 atom stereocenters. The number of fused-ring (bicyclic) bond motifs is 1. The molecule has 0 aliphatic rings. The van der Waals surface area contributed by atoms with E-state index in [4.69, 9.17) is 0 Å². The molecule has 0 aliphatic heterocycles. The number of amides is 1. The van der Waals surface area contributed by atoms with Crippen molar-refractivity contribution in [3.8, 4) is 0 Å². The molecule has 0 radical (unpaired) electrons. The summed E-state index contributed by atoms with van der Waals surface area (Å²) in [5.74, 6) is -0.337. The molecule has 1 heterocycles. The van der Waals surface area contributed by atoms with Crippen LogP contribution in [0.4, 0.5) is 0 Å². The van der Waals surface area contributed by atoms with Gasteiger partial charge in [0.05, 0.1) is 15.0 Å². The van der Waals surface area contributed by atoms with Crippen LogP contribution in [0.3, 0.4) is 0 Å². The zero-order chi connectivity index (χ0) is 16.4. The lowest BCUT2D eigenvalue weighted by Gasteiger charge is -2.22. The van der Waals surface area contributed by atoms with E-state index in [1.807, 2.05) is 24.3 Å². The van der Waals surface area contributed by atoms with E-state index >= 15 is 0 Å². The Labute approximate surface area is 134 Å². The summed E-state index contributed by atoms with van der Waals surface area (Å²) in [5.41, 5.74) is 0.894. The van der Waals surface area contributed by atoms with Crippen LogP contribution in [0.25, 0.3) is 16.3 Å². The van der Waals surface area contributed by atoms with Gasteiger partial charge in [0.25, 0.3) is 0 Å². The number of hydrogen-bond acceptors (Lipinski definition) is 5. The molecule has 0 unspecified atom stereocenters. The van der Waals surface area contributed by atoms with Crippen molar-refractivity contribution in [3.05, 3.63) is 35.3 Å². The lowest BCUT2D eigenvalue weighted by Crippen LogP contribution is -2.43. The van der Waals surface area contributed by atoms with Gasteiger partial charge in [0, 0.05) is 18.9 Å². The molecule has 0 bridgehead atoms. The maximum absolute atomic E-state index is 11.8. The number of benzene rings is 1. The summed E-state index contributed by atoms with van der Waals surface area (Å²) in [6, 6.07) is 7.74. The Morgan fingerprint density at radius 2 is 2.05 bits per heavy atom. The summed E-state index contributed by atoms with van der Waals surface area (Å²) >= 11 is 1.49. The molecule has 118 valence electrons. The van der Waals surface area contributed by atoms with Gasteiger partial charge in [-0.1, -0.05) is 12.1 Å². The lowest BCUT2D eigenvalue weighted by molar-refractivity contribution is -0.116. The van der Waals surface area contributed by atoms with Gasteiger partial charge in [-0.25, -0.2) is 13.4 Å². The quantitative estimate of drug-likeness (QED) is 0.848. The summed E-state index contributed by atoms with van der Waals surface area (Å²) in [7, 11) is -3.23. The van der Waals surface area contributed by atoms with Crippen molar-refractivity contribution >= 4 is 43.4 Å². The Morgan fingerprint density at radius 1 is 1.36 bits per heavy atom. The highest BCUT2D eigenvalue weighted by atomic mass is 32.2. The zero-order valence-electron chi connectivity index (χ0n) is 12.7. The maximum Gasteiger partial charge on any atom is 0.244 e. The minimum absolute atomic E-state index is 0.0643. The van der Waals surface area contributed by atoms with E-state index in [0.717, 1.165) is 21.5 Å². The second-order valence-corrected chi connectivity index (χ2v) is 9.31. The van der Waals surface area contributed by atoms with Gasteiger partial charge in [0.15, 0.2) is 9.84 Å². The molecule has 22 heavy (non-hydrogen) atoms. The number of hydrogen-bond donors (Lipinski definition) is 1. The first-order valence-corrected chi connectivity index (χ1v) is 9.41. The first-order chi connectivity index (χ1) is 10.2. The summed E-state index contributed by atoms with van der Waals surface area (Å²) in [6.45, 7) is 3.23. The fourth-order valence-corrected chi connectivity index (χ4v) is 2.80. The maximum atomic E-state index is 11.8. The lowest BCUT2D eigenvalue weighted by atomic mass is 10.2. The molecule has 0 saturated carbocycles. The number of rotatable bonds is 5. The number of sulfone groups is 1. The van der Waals surface area contributed by atoms with Crippen LogP contribution in [0.15, 0.2) is 30.3 Å². The highest BCUT2D eigenvalue weighted by Crippen LogP contribution is 2.22. The van der Waals surface area contributed by atoms with Crippen LogP contribution >= 0.6 is 11.3 Å². The second kappa shape index (κ2) is 6.18. The molecular weight excluding hydrogens is 320 g/mol. The van der Waals surface area contributed by atoms with Crippen molar-refractivity contribution in [2.75, 3.05) is 12.8 Å². The number of carbonyl (C=O) groups excluding carboxylic acids is 1. The van der Waals surface area contributed by atoms with Crippen molar-refractivity contribution in [2.45, 2.75) is 18.6 Å². The molecule has 0 fully saturated rings. The molecule has 0 saturated heterocycles. The van der Waals surface area contributed by atoms with Gasteiger partial charge in [-0.05, 0) is 32.1 Å². The third-order valence-corrected chi connectivity index (χ3v) is 6.53. The predicted molar refractivity (Wildman–Crippen MR) is 90.6 cm³/mol. The van der Waals surface area contributed by atoms with Gasteiger partial charge in [-0.3, -0.25) is 4.79 Å². The largest absolute Gasteiger partial charge is 0.351 e. The fraction of sp³-hybridized carbons (Fsp3) is 0.333. The molecule has 5 nitrogen and oxygen atoms in total. The Kier molecular flexibility index (Phi) is 4.67. The average Bonchev–Trinajstić information content (AvgIpc) is 2.84. The van der Waals surface area contributed by atoms with Crippen LogP contribution < -0.4 is 5.32 Å². The van der Waals surface area contributed by atoms with Gasteiger partial charge in [0.1, 0.15) is 5.01 Å². The van der Waals surface area contributed by atoms with E-state index in [1.165, 1.54) is 17.4 Å². The van der Waals surface area contributed by atoms with Crippen LogP contribution in [-0.4, -0.2) is 36.9 Å². The Morgan fingerprint density at radius 3 is 2.68 bits per heavy atom. The number of para-hydroxylation sites is 1. The zero-order valence-corrected chi connectivity index (χ0v) is 14.3. The van der Waals surface area contributed by atoms with Gasteiger partial charge >= 0.3 is 0 Å². The molecule has 2 rings (SSSR count). The summed E-state index contributed by atoms with van der Waals surface area (Å²) in [5, 5.41) is 3.34. The van der Waals surface area contributed by atoms with Crippen LogP contribution in [0.5, 0.6) is 0 Å². The number of nitrogens with zero attached hydrogens (tertiary/aromatic N) is 1. The van der Waals surface area contributed by atoms with E-state index in [2.05, 4.69) is 10.3 Å². The Balaban J connectivity index is 2.00. The highest BCUT2D eigenvalue weighted by molar-refractivity contribution is 7.92. The molecule has 2 aromatic rings. The van der Waals surface area contributed by atoms with Crippen LogP contribution in [0, 0.1) is 0 Å². The van der Waals surface area contributed by atoms with Crippen LogP contribution in [0.1, 0.15) is 18.9 Å². The molecule has 0 spiro atoms. The summed E-state index contributed by atoms with van der Waals surface area (Å²) in [4.78, 5) is 16.2. The van der Waals surface area contributed by atoms with E-state index < -0.39 is 14.6 Å². The molecule has 1 aromatic carbocycles. The van der Waals surface area contributed by atoms with Gasteiger partial charge in [-0.15, -0.1) is 11.3 Å². The van der Waals surface area contributed by atoms with E-state index in [1.54, 1.807) is 19.9 Å². The number of carbonyl (C=O) groups is 1. The van der Waals surface area contributed by atoms with Crippen molar-refractivity contribution in [2.24, 2.45) is 0 Å². The number of aromatic nitrogens is 1. The van der Waals surface area contributed by atoms with E-state index in [0.29, 0.717) is 0 Å². The van der Waals surface area contributed by atoms with Crippen molar-refractivity contribution in [1.29, 1.82) is 0 Å². The fourth-order valence-electron chi connectivity index (χ4n) is 1.60. The highest BCUT2D eigenvalue weighted by Gasteiger charge is 2.30. The first kappa shape index (κ1) is 16.6. The van der Waals surface area contributed by atoms with Gasteiger partial charge in [-0.2, -0.15) is 0 Å². The smallest absolute Gasteiger partial charge is 0.244 e. The van der Waals surface area contributed by atoms with Crippen molar-refractivity contribution < 1.29 is 13.2 Å². The minimum Gasteiger partial charge on any atom is -0.351 e. The molecule has 1 aromatic heterocycles. The molecular formula is C15H18N2O3S2.